The Bertz CT molecular complexity index is 561. The van der Waals surface area contributed by atoms with Crippen LogP contribution in [0, 0.1) is 10.1 Å². The third-order valence-electron chi connectivity index (χ3n) is 3.78. The molecule has 3 N–H and O–H groups in total. The first-order valence-electron chi connectivity index (χ1n) is 6.64. The van der Waals surface area contributed by atoms with Crippen LogP contribution in [0.4, 0.5) is 11.4 Å². The maximum Gasteiger partial charge on any atom is 0.293 e. The maximum absolute atomic E-state index is 12.4. The Kier molecular flexibility index (Phi) is 4.39. The first-order chi connectivity index (χ1) is 9.93. The number of carbonyl (C=O) groups is 1. The van der Waals surface area contributed by atoms with Gasteiger partial charge in [0.05, 0.1) is 4.92 Å². The second-order valence-electron chi connectivity index (χ2n) is 5.29. The van der Waals surface area contributed by atoms with Crippen molar-refractivity contribution in [3.63, 3.8) is 0 Å². The molecule has 0 spiro atoms. The van der Waals surface area contributed by atoms with Crippen molar-refractivity contribution in [3.8, 4) is 0 Å². The van der Waals surface area contributed by atoms with Gasteiger partial charge in [-0.25, -0.2) is 0 Å². The highest BCUT2D eigenvalue weighted by molar-refractivity contribution is 5.96. The summed E-state index contributed by atoms with van der Waals surface area (Å²) < 4.78 is 0. The Hall–Kier alpha value is -2.19. The Morgan fingerprint density at radius 2 is 2.24 bits per heavy atom. The molecular formula is C13H19N5O3. The van der Waals surface area contributed by atoms with E-state index in [1.165, 1.54) is 18.2 Å². The monoisotopic (exact) mass is 293 g/mol. The smallest absolute Gasteiger partial charge is 0.293 e. The van der Waals surface area contributed by atoms with E-state index in [1.807, 2.05) is 14.1 Å². The number of nitro groups is 1. The topological polar surface area (TPSA) is 105 Å². The minimum Gasteiger partial charge on any atom is -0.337 e. The van der Waals surface area contributed by atoms with Crippen LogP contribution in [0.25, 0.3) is 0 Å². The summed E-state index contributed by atoms with van der Waals surface area (Å²) in [5.41, 5.74) is 2.65. The van der Waals surface area contributed by atoms with E-state index < -0.39 is 4.92 Å². The summed E-state index contributed by atoms with van der Waals surface area (Å²) >= 11 is 0. The van der Waals surface area contributed by atoms with Crippen molar-refractivity contribution in [2.45, 2.75) is 12.5 Å². The summed E-state index contributed by atoms with van der Waals surface area (Å²) in [5.74, 6) is 5.15. The summed E-state index contributed by atoms with van der Waals surface area (Å²) in [6.45, 7) is 1.35. The molecule has 21 heavy (non-hydrogen) atoms. The van der Waals surface area contributed by atoms with Crippen molar-refractivity contribution in [1.29, 1.82) is 0 Å². The molecule has 1 aliphatic heterocycles. The lowest BCUT2D eigenvalue weighted by atomic mass is 10.1. The lowest BCUT2D eigenvalue weighted by molar-refractivity contribution is -0.384. The number of hydrogen-bond donors (Lipinski definition) is 2. The van der Waals surface area contributed by atoms with Gasteiger partial charge >= 0.3 is 0 Å². The number of rotatable bonds is 4. The number of hydrazine groups is 1. The van der Waals surface area contributed by atoms with Crippen LogP contribution in [0.5, 0.6) is 0 Å². The highest BCUT2D eigenvalue weighted by atomic mass is 16.6. The van der Waals surface area contributed by atoms with Crippen LogP contribution in [-0.2, 0) is 0 Å². The number of likely N-dealkylation sites (N-methyl/N-ethyl adjacent to an activating group) is 1. The minimum absolute atomic E-state index is 0.134. The van der Waals surface area contributed by atoms with Crippen molar-refractivity contribution in [2.24, 2.45) is 5.84 Å². The van der Waals surface area contributed by atoms with Gasteiger partial charge < -0.3 is 15.2 Å². The summed E-state index contributed by atoms with van der Waals surface area (Å²) in [6.07, 6.45) is 0.924. The van der Waals surface area contributed by atoms with Gasteiger partial charge in [-0.3, -0.25) is 20.8 Å². The second kappa shape index (κ2) is 6.06. The van der Waals surface area contributed by atoms with Gasteiger partial charge in [-0.05, 0) is 32.6 Å². The zero-order chi connectivity index (χ0) is 15.6. The van der Waals surface area contributed by atoms with Crippen LogP contribution in [-0.4, -0.2) is 53.9 Å². The van der Waals surface area contributed by atoms with E-state index in [0.717, 1.165) is 6.42 Å². The number of nitrogen functional groups attached to an aromatic ring is 1. The van der Waals surface area contributed by atoms with E-state index in [4.69, 9.17) is 5.84 Å². The van der Waals surface area contributed by atoms with E-state index in [0.29, 0.717) is 24.7 Å². The summed E-state index contributed by atoms with van der Waals surface area (Å²) in [5, 5.41) is 10.8. The Morgan fingerprint density at radius 1 is 1.52 bits per heavy atom. The second-order valence-corrected chi connectivity index (χ2v) is 5.29. The molecule has 1 aromatic carbocycles. The first kappa shape index (κ1) is 15.2. The molecule has 1 aliphatic rings. The lowest BCUT2D eigenvalue weighted by Crippen LogP contribution is -2.34. The normalized spacial score (nSPS) is 18.1. The highest BCUT2D eigenvalue weighted by Crippen LogP contribution is 2.26. The van der Waals surface area contributed by atoms with Gasteiger partial charge in [-0.2, -0.15) is 0 Å². The van der Waals surface area contributed by atoms with Crippen molar-refractivity contribution in [1.82, 2.24) is 9.80 Å². The number of nitrogens with zero attached hydrogens (tertiary/aromatic N) is 3. The molecule has 0 radical (unpaired) electrons. The Morgan fingerprint density at radius 3 is 2.76 bits per heavy atom. The van der Waals surface area contributed by atoms with Crippen LogP contribution < -0.4 is 11.3 Å². The predicted octanol–water partition coefficient (Wildman–Crippen LogP) is 0.656. The number of hydrogen-bond acceptors (Lipinski definition) is 6. The Balaban J connectivity index is 2.19. The molecule has 0 bridgehead atoms. The molecule has 1 atom stereocenters. The van der Waals surface area contributed by atoms with Crippen molar-refractivity contribution in [3.05, 3.63) is 33.9 Å². The SMILES string of the molecule is CN(C)C1CCN(C(=O)c2ccc([N+](=O)[O-])c(NN)c2)C1. The van der Waals surface area contributed by atoms with Gasteiger partial charge in [-0.15, -0.1) is 0 Å². The summed E-state index contributed by atoms with van der Waals surface area (Å²) in [4.78, 5) is 26.6. The minimum atomic E-state index is -0.540. The fourth-order valence-electron chi connectivity index (χ4n) is 2.47. The molecule has 1 aromatic rings. The van der Waals surface area contributed by atoms with Crippen molar-refractivity contribution < 1.29 is 9.72 Å². The first-order valence-corrected chi connectivity index (χ1v) is 6.64. The molecule has 0 aliphatic carbocycles. The zero-order valence-corrected chi connectivity index (χ0v) is 12.1. The van der Waals surface area contributed by atoms with Gasteiger partial charge in [0.1, 0.15) is 5.69 Å². The van der Waals surface area contributed by atoms with Crippen LogP contribution in [0.15, 0.2) is 18.2 Å². The molecular weight excluding hydrogens is 274 g/mol. The largest absolute Gasteiger partial charge is 0.337 e. The number of nitro benzene ring substituents is 1. The van der Waals surface area contributed by atoms with Gasteiger partial charge in [-0.1, -0.05) is 0 Å². The number of carbonyl (C=O) groups excluding carboxylic acids is 1. The van der Waals surface area contributed by atoms with E-state index in [1.54, 1.807) is 4.90 Å². The van der Waals surface area contributed by atoms with E-state index in [-0.39, 0.29) is 17.3 Å². The van der Waals surface area contributed by atoms with Crippen molar-refractivity contribution >= 4 is 17.3 Å². The molecule has 1 fully saturated rings. The number of nitrogens with two attached hydrogens (primary N) is 1. The number of benzene rings is 1. The molecule has 0 aromatic heterocycles. The third kappa shape index (κ3) is 3.11. The molecule has 2 rings (SSSR count). The maximum atomic E-state index is 12.4. The molecule has 8 heteroatoms. The standard InChI is InChI=1S/C13H19N5O3/c1-16(2)10-5-6-17(8-10)13(19)9-3-4-12(18(20)21)11(7-9)15-14/h3-4,7,10,15H,5-6,8,14H2,1-2H3. The number of amides is 1. The fraction of sp³-hybridized carbons (Fsp3) is 0.462. The number of nitrogens with one attached hydrogen (secondary N) is 1. The third-order valence-corrected chi connectivity index (χ3v) is 3.78. The van der Waals surface area contributed by atoms with Crippen LogP contribution in [0.3, 0.4) is 0 Å². The van der Waals surface area contributed by atoms with E-state index in [2.05, 4.69) is 10.3 Å². The van der Waals surface area contributed by atoms with Crippen molar-refractivity contribution in [2.75, 3.05) is 32.6 Å². The molecule has 0 saturated carbocycles. The fourth-order valence-corrected chi connectivity index (χ4v) is 2.47. The predicted molar refractivity (Wildman–Crippen MR) is 78.9 cm³/mol. The summed E-state index contributed by atoms with van der Waals surface area (Å²) in [7, 11) is 3.97. The van der Waals surface area contributed by atoms with Gasteiger partial charge in [0.2, 0.25) is 0 Å². The highest BCUT2D eigenvalue weighted by Gasteiger charge is 2.28. The molecule has 8 nitrogen and oxygen atoms in total. The number of likely N-dealkylation sites (tertiary alicyclic amines) is 1. The molecule has 114 valence electrons. The van der Waals surface area contributed by atoms with E-state index >= 15 is 0 Å². The van der Waals surface area contributed by atoms with Crippen LogP contribution >= 0.6 is 0 Å². The Labute approximate surface area is 122 Å². The van der Waals surface area contributed by atoms with E-state index in [9.17, 15) is 14.9 Å². The quantitative estimate of drug-likeness (QED) is 0.480. The molecule has 1 heterocycles. The zero-order valence-electron chi connectivity index (χ0n) is 12.1. The average molecular weight is 293 g/mol. The molecule has 1 unspecified atom stereocenters. The summed E-state index contributed by atoms with van der Waals surface area (Å²) in [6, 6.07) is 4.52. The van der Waals surface area contributed by atoms with Gasteiger partial charge in [0, 0.05) is 30.8 Å². The molecule has 1 saturated heterocycles. The average Bonchev–Trinajstić information content (AvgIpc) is 2.95. The van der Waals surface area contributed by atoms with Gasteiger partial charge in [0.25, 0.3) is 11.6 Å². The number of anilines is 1. The van der Waals surface area contributed by atoms with Crippen LogP contribution in [0.2, 0.25) is 0 Å². The lowest BCUT2D eigenvalue weighted by Gasteiger charge is -2.20. The molecule has 1 amide bonds. The van der Waals surface area contributed by atoms with Crippen LogP contribution in [0.1, 0.15) is 16.8 Å². The van der Waals surface area contributed by atoms with Gasteiger partial charge in [0.15, 0.2) is 0 Å².